The summed E-state index contributed by atoms with van der Waals surface area (Å²) >= 11 is 0. The predicted octanol–water partition coefficient (Wildman–Crippen LogP) is 3.47. The molecular weight excluding hydrogens is 400 g/mol. The van der Waals surface area contributed by atoms with E-state index in [1.54, 1.807) is 35.4 Å². The lowest BCUT2D eigenvalue weighted by Gasteiger charge is -2.15. The largest absolute Gasteiger partial charge is 0.350 e. The molecule has 0 aliphatic carbocycles. The number of hydrogen-bond acceptors (Lipinski definition) is 4. The average Bonchev–Trinajstić information content (AvgIpc) is 3.45. The molecule has 3 heterocycles. The van der Waals surface area contributed by atoms with Gasteiger partial charge in [-0.25, -0.2) is 4.68 Å². The van der Waals surface area contributed by atoms with Crippen LogP contribution in [-0.4, -0.2) is 37.0 Å². The summed E-state index contributed by atoms with van der Waals surface area (Å²) in [7, 11) is 0. The number of hydrogen-bond donors (Lipinski definition) is 1. The lowest BCUT2D eigenvalue weighted by molar-refractivity contribution is 0.0947. The standard InChI is InChI=1S/C25H24N6O/c1-18-14-19(2)31(29-18)20(3)16-27-25(32)23-9-10-24(30-13-5-12-28-30)22(15-23)8-7-21-6-4-11-26-17-21/h4-6,9-15,17,20H,16H2,1-3H3,(H,27,32). The van der Waals surface area contributed by atoms with Gasteiger partial charge in [-0.1, -0.05) is 11.8 Å². The Labute approximate surface area is 187 Å². The maximum Gasteiger partial charge on any atom is 0.251 e. The number of pyridine rings is 1. The van der Waals surface area contributed by atoms with Crippen LogP contribution in [0, 0.1) is 25.7 Å². The van der Waals surface area contributed by atoms with Crippen LogP contribution in [0.4, 0.5) is 0 Å². The number of amides is 1. The Hall–Kier alpha value is -4.18. The van der Waals surface area contributed by atoms with E-state index in [4.69, 9.17) is 0 Å². The van der Waals surface area contributed by atoms with Crippen LogP contribution >= 0.6 is 0 Å². The van der Waals surface area contributed by atoms with Crippen molar-refractivity contribution < 1.29 is 4.79 Å². The molecule has 160 valence electrons. The van der Waals surface area contributed by atoms with Crippen LogP contribution in [0.2, 0.25) is 0 Å². The van der Waals surface area contributed by atoms with Gasteiger partial charge in [0.2, 0.25) is 0 Å². The van der Waals surface area contributed by atoms with Gasteiger partial charge in [0.05, 0.1) is 23.0 Å². The molecule has 0 bridgehead atoms. The zero-order valence-electron chi connectivity index (χ0n) is 18.3. The SMILES string of the molecule is Cc1cc(C)n(C(C)CNC(=O)c2ccc(-n3cccn3)c(C#Cc3cccnc3)c2)n1. The molecule has 3 aromatic heterocycles. The van der Waals surface area contributed by atoms with Crippen LogP contribution in [0.1, 0.15) is 45.8 Å². The molecule has 1 amide bonds. The predicted molar refractivity (Wildman–Crippen MR) is 123 cm³/mol. The van der Waals surface area contributed by atoms with Crippen molar-refractivity contribution in [1.82, 2.24) is 29.9 Å². The van der Waals surface area contributed by atoms with E-state index >= 15 is 0 Å². The topological polar surface area (TPSA) is 77.6 Å². The molecule has 4 rings (SSSR count). The highest BCUT2D eigenvalue weighted by Crippen LogP contribution is 2.16. The highest BCUT2D eigenvalue weighted by Gasteiger charge is 2.14. The Morgan fingerprint density at radius 1 is 1.12 bits per heavy atom. The molecule has 1 atom stereocenters. The van der Waals surface area contributed by atoms with E-state index in [2.05, 4.69) is 32.3 Å². The number of nitrogens with one attached hydrogen (secondary N) is 1. The summed E-state index contributed by atoms with van der Waals surface area (Å²) in [6.45, 7) is 6.48. The van der Waals surface area contributed by atoms with Gasteiger partial charge in [0.15, 0.2) is 0 Å². The normalized spacial score (nSPS) is 11.5. The molecule has 0 radical (unpaired) electrons. The Balaban J connectivity index is 1.57. The molecule has 7 heteroatoms. The molecule has 0 aliphatic rings. The van der Waals surface area contributed by atoms with Crippen molar-refractivity contribution in [3.63, 3.8) is 0 Å². The van der Waals surface area contributed by atoms with Gasteiger partial charge < -0.3 is 5.32 Å². The number of carbonyl (C=O) groups excluding carboxylic acids is 1. The van der Waals surface area contributed by atoms with E-state index in [1.165, 1.54) is 0 Å². The fraction of sp³-hybridized carbons (Fsp3) is 0.200. The maximum atomic E-state index is 12.9. The molecule has 1 N–H and O–H groups in total. The third-order valence-corrected chi connectivity index (χ3v) is 5.03. The highest BCUT2D eigenvalue weighted by molar-refractivity contribution is 5.95. The summed E-state index contributed by atoms with van der Waals surface area (Å²) in [5, 5.41) is 11.8. The fourth-order valence-corrected chi connectivity index (χ4v) is 3.49. The van der Waals surface area contributed by atoms with E-state index in [0.717, 1.165) is 22.6 Å². The Bertz CT molecular complexity index is 1280. The zero-order valence-corrected chi connectivity index (χ0v) is 18.3. The number of rotatable bonds is 5. The first-order valence-electron chi connectivity index (χ1n) is 10.4. The van der Waals surface area contributed by atoms with Crippen molar-refractivity contribution in [2.75, 3.05) is 6.54 Å². The highest BCUT2D eigenvalue weighted by atomic mass is 16.1. The van der Waals surface area contributed by atoms with Gasteiger partial charge >= 0.3 is 0 Å². The Morgan fingerprint density at radius 2 is 2.00 bits per heavy atom. The molecule has 32 heavy (non-hydrogen) atoms. The first kappa shape index (κ1) is 21.1. The first-order valence-corrected chi connectivity index (χ1v) is 10.4. The molecule has 7 nitrogen and oxygen atoms in total. The third-order valence-electron chi connectivity index (χ3n) is 5.03. The molecule has 0 saturated carbocycles. The number of nitrogens with zero attached hydrogens (tertiary/aromatic N) is 5. The van der Waals surface area contributed by atoms with Gasteiger partial charge in [0.25, 0.3) is 5.91 Å². The minimum Gasteiger partial charge on any atom is -0.350 e. The monoisotopic (exact) mass is 424 g/mol. The van der Waals surface area contributed by atoms with E-state index in [-0.39, 0.29) is 11.9 Å². The van der Waals surface area contributed by atoms with Crippen molar-refractivity contribution in [2.24, 2.45) is 0 Å². The van der Waals surface area contributed by atoms with Crippen molar-refractivity contribution in [1.29, 1.82) is 0 Å². The quantitative estimate of drug-likeness (QED) is 0.498. The third kappa shape index (κ3) is 4.76. The van der Waals surface area contributed by atoms with Crippen molar-refractivity contribution >= 4 is 5.91 Å². The molecule has 1 unspecified atom stereocenters. The molecule has 0 fully saturated rings. The van der Waals surface area contributed by atoms with Crippen LogP contribution in [-0.2, 0) is 0 Å². The summed E-state index contributed by atoms with van der Waals surface area (Å²) in [6.07, 6.45) is 6.97. The van der Waals surface area contributed by atoms with Crippen LogP contribution in [0.25, 0.3) is 5.69 Å². The van der Waals surface area contributed by atoms with Crippen molar-refractivity contribution in [2.45, 2.75) is 26.8 Å². The van der Waals surface area contributed by atoms with Gasteiger partial charge in [-0.2, -0.15) is 10.2 Å². The number of carbonyl (C=O) groups is 1. The minimum atomic E-state index is -0.158. The van der Waals surface area contributed by atoms with Crippen LogP contribution in [0.15, 0.2) is 67.3 Å². The van der Waals surface area contributed by atoms with Gasteiger partial charge in [0, 0.05) is 48.2 Å². The minimum absolute atomic E-state index is 0.0424. The summed E-state index contributed by atoms with van der Waals surface area (Å²) in [6, 6.07) is 13.1. The summed E-state index contributed by atoms with van der Waals surface area (Å²) < 4.78 is 3.67. The molecular formula is C25H24N6O. The van der Waals surface area contributed by atoms with Gasteiger partial charge in [0.1, 0.15) is 0 Å². The second-order valence-electron chi connectivity index (χ2n) is 7.60. The summed E-state index contributed by atoms with van der Waals surface area (Å²) in [5.41, 5.74) is 4.88. The first-order chi connectivity index (χ1) is 15.5. The van der Waals surface area contributed by atoms with Crippen LogP contribution in [0.5, 0.6) is 0 Å². The van der Waals surface area contributed by atoms with E-state index < -0.39 is 0 Å². The van der Waals surface area contributed by atoms with Gasteiger partial charge in [-0.15, -0.1) is 0 Å². The molecule has 0 spiro atoms. The van der Waals surface area contributed by atoms with Crippen molar-refractivity contribution in [3.8, 4) is 17.5 Å². The van der Waals surface area contributed by atoms with Gasteiger partial charge in [-0.3, -0.25) is 14.5 Å². The number of aryl methyl sites for hydroxylation is 2. The van der Waals surface area contributed by atoms with Crippen LogP contribution in [0.3, 0.4) is 0 Å². The Morgan fingerprint density at radius 3 is 2.69 bits per heavy atom. The smallest absolute Gasteiger partial charge is 0.251 e. The van der Waals surface area contributed by atoms with E-state index in [9.17, 15) is 4.79 Å². The average molecular weight is 425 g/mol. The molecule has 4 aromatic rings. The lowest BCUT2D eigenvalue weighted by Crippen LogP contribution is -2.30. The molecule has 1 aromatic carbocycles. The second-order valence-corrected chi connectivity index (χ2v) is 7.60. The van der Waals surface area contributed by atoms with Crippen LogP contribution < -0.4 is 5.32 Å². The summed E-state index contributed by atoms with van der Waals surface area (Å²) in [4.78, 5) is 17.0. The molecule has 0 aliphatic heterocycles. The van der Waals surface area contributed by atoms with E-state index in [0.29, 0.717) is 17.7 Å². The Kier molecular flexibility index (Phi) is 6.13. The maximum absolute atomic E-state index is 12.9. The molecule has 0 saturated heterocycles. The number of benzene rings is 1. The fourth-order valence-electron chi connectivity index (χ4n) is 3.49. The zero-order chi connectivity index (χ0) is 22.5. The van der Waals surface area contributed by atoms with E-state index in [1.807, 2.05) is 62.0 Å². The van der Waals surface area contributed by atoms with Gasteiger partial charge in [-0.05, 0) is 63.2 Å². The van der Waals surface area contributed by atoms with Crippen molar-refractivity contribution in [3.05, 3.63) is 95.3 Å². The number of aromatic nitrogens is 5. The second kappa shape index (κ2) is 9.31. The summed E-state index contributed by atoms with van der Waals surface area (Å²) in [5.74, 6) is 6.12. The lowest BCUT2D eigenvalue weighted by atomic mass is 10.1.